The Morgan fingerprint density at radius 3 is 2.56 bits per heavy atom. The van der Waals surface area contributed by atoms with E-state index in [1.54, 1.807) is 24.3 Å². The molecule has 4 rings (SSSR count). The van der Waals surface area contributed by atoms with E-state index >= 15 is 0 Å². The summed E-state index contributed by atoms with van der Waals surface area (Å²) in [6.45, 7) is 0.0166. The third kappa shape index (κ3) is 4.14. The summed E-state index contributed by atoms with van der Waals surface area (Å²) >= 11 is 0.722. The second-order valence-electron chi connectivity index (χ2n) is 6.65. The molecule has 0 saturated heterocycles. The van der Waals surface area contributed by atoms with Crippen molar-refractivity contribution in [3.05, 3.63) is 74.4 Å². The molecule has 0 aliphatic heterocycles. The minimum atomic E-state index is -4.85. The van der Waals surface area contributed by atoms with Crippen LogP contribution in [0.4, 0.5) is 24.0 Å². The number of halogens is 3. The van der Waals surface area contributed by atoms with E-state index in [0.717, 1.165) is 11.3 Å². The second-order valence-corrected chi connectivity index (χ2v) is 7.63. The van der Waals surface area contributed by atoms with Crippen molar-refractivity contribution in [2.24, 2.45) is 0 Å². The average molecular weight is 463 g/mol. The van der Waals surface area contributed by atoms with Crippen molar-refractivity contribution in [2.45, 2.75) is 12.7 Å². The number of nitro groups is 1. The quantitative estimate of drug-likeness (QED) is 0.318. The van der Waals surface area contributed by atoms with E-state index in [4.69, 9.17) is 4.42 Å². The number of anilines is 1. The van der Waals surface area contributed by atoms with Crippen molar-refractivity contribution in [3.63, 3.8) is 0 Å². The molecule has 0 bridgehead atoms. The van der Waals surface area contributed by atoms with E-state index in [1.165, 1.54) is 11.9 Å². The number of aromatic nitrogens is 3. The second kappa shape index (κ2) is 8.00. The van der Waals surface area contributed by atoms with E-state index in [9.17, 15) is 28.1 Å². The highest BCUT2D eigenvalue weighted by molar-refractivity contribution is 7.22. The van der Waals surface area contributed by atoms with Crippen LogP contribution in [0, 0.1) is 10.1 Å². The van der Waals surface area contributed by atoms with Crippen molar-refractivity contribution in [3.8, 4) is 11.5 Å². The molecule has 0 radical (unpaired) electrons. The highest BCUT2D eigenvalue weighted by Gasteiger charge is 2.34. The van der Waals surface area contributed by atoms with Gasteiger partial charge in [0.2, 0.25) is 11.8 Å². The van der Waals surface area contributed by atoms with Gasteiger partial charge >= 0.3 is 6.18 Å². The summed E-state index contributed by atoms with van der Waals surface area (Å²) in [6.07, 6.45) is -4.85. The van der Waals surface area contributed by atoms with Gasteiger partial charge in [0.15, 0.2) is 5.13 Å². The fraction of sp³-hybridized carbons (Fsp3) is 0.158. The molecule has 0 atom stereocenters. The normalized spacial score (nSPS) is 11.6. The lowest BCUT2D eigenvalue weighted by atomic mass is 10.1. The zero-order valence-electron chi connectivity index (χ0n) is 16.2. The van der Waals surface area contributed by atoms with Gasteiger partial charge in [-0.05, 0) is 18.2 Å². The van der Waals surface area contributed by atoms with Crippen molar-refractivity contribution >= 4 is 32.2 Å². The van der Waals surface area contributed by atoms with Gasteiger partial charge in [-0.3, -0.25) is 14.9 Å². The summed E-state index contributed by atoms with van der Waals surface area (Å²) in [7, 11) is 1.53. The summed E-state index contributed by atoms with van der Waals surface area (Å²) in [5, 5.41) is 18.8. The number of alkyl halides is 3. The molecular formula is C19H12F3N5O4S. The summed E-state index contributed by atoms with van der Waals surface area (Å²) < 4.78 is 44.7. The molecule has 2 aromatic carbocycles. The Labute approximate surface area is 180 Å². The minimum Gasteiger partial charge on any atom is -0.419 e. The molecule has 9 nitrogen and oxygen atoms in total. The van der Waals surface area contributed by atoms with Crippen LogP contribution in [0.3, 0.4) is 0 Å². The predicted octanol–water partition coefficient (Wildman–Crippen LogP) is 4.27. The van der Waals surface area contributed by atoms with Gasteiger partial charge in [-0.1, -0.05) is 29.5 Å². The largest absolute Gasteiger partial charge is 0.419 e. The Kier molecular flexibility index (Phi) is 5.34. The third-order valence-electron chi connectivity index (χ3n) is 4.40. The smallest absolute Gasteiger partial charge is 0.416 e. The lowest BCUT2D eigenvalue weighted by molar-refractivity contribution is -0.383. The average Bonchev–Trinajstić information content (AvgIpc) is 3.21. The first-order chi connectivity index (χ1) is 15.1. The van der Waals surface area contributed by atoms with Gasteiger partial charge in [-0.25, -0.2) is 0 Å². The number of rotatable bonds is 5. The molecule has 2 aromatic heterocycles. The molecule has 164 valence electrons. The van der Waals surface area contributed by atoms with Crippen molar-refractivity contribution in [2.75, 3.05) is 11.9 Å². The van der Waals surface area contributed by atoms with Gasteiger partial charge in [-0.15, -0.1) is 10.2 Å². The van der Waals surface area contributed by atoms with Crippen LogP contribution in [0.25, 0.3) is 21.5 Å². The summed E-state index contributed by atoms with van der Waals surface area (Å²) in [4.78, 5) is 28.1. The number of hydrogen-bond acceptors (Lipinski definition) is 9. The van der Waals surface area contributed by atoms with Crippen LogP contribution in [-0.4, -0.2) is 27.2 Å². The standard InChI is InChI=1S/C19H12F3N5O4S/c1-26(9-14-24-25-17(31-14)10-5-3-2-4-6-10)18-23-16(28)12-7-11(19(20,21)22)8-13(27(29)30)15(12)32-18/h2-8H,9H2,1H3. The molecule has 0 unspecified atom stereocenters. The van der Waals surface area contributed by atoms with Gasteiger partial charge in [0.25, 0.3) is 11.2 Å². The van der Waals surface area contributed by atoms with Crippen LogP contribution in [0.5, 0.6) is 0 Å². The monoisotopic (exact) mass is 463 g/mol. The maximum atomic E-state index is 13.1. The van der Waals surface area contributed by atoms with E-state index in [0.29, 0.717) is 17.7 Å². The Balaban J connectivity index is 1.70. The lowest BCUT2D eigenvalue weighted by Gasteiger charge is -2.15. The van der Waals surface area contributed by atoms with Gasteiger partial charge < -0.3 is 9.32 Å². The zero-order chi connectivity index (χ0) is 23.0. The molecule has 2 heterocycles. The van der Waals surface area contributed by atoms with Crippen LogP contribution in [0.15, 0.2) is 51.7 Å². The number of benzene rings is 2. The molecule has 0 aliphatic carbocycles. The van der Waals surface area contributed by atoms with Crippen LogP contribution in [0.2, 0.25) is 0 Å². The first-order valence-electron chi connectivity index (χ1n) is 8.93. The van der Waals surface area contributed by atoms with E-state index in [1.807, 2.05) is 6.07 Å². The summed E-state index contributed by atoms with van der Waals surface area (Å²) in [5.41, 5.74) is -2.41. The van der Waals surface area contributed by atoms with E-state index in [-0.39, 0.29) is 28.2 Å². The molecule has 13 heteroatoms. The first kappa shape index (κ1) is 21.4. The number of nitro benzene ring substituents is 1. The molecule has 0 N–H and O–H groups in total. The van der Waals surface area contributed by atoms with Gasteiger partial charge in [0.05, 0.1) is 22.4 Å². The third-order valence-corrected chi connectivity index (χ3v) is 5.62. The number of nitrogens with zero attached hydrogens (tertiary/aromatic N) is 5. The molecule has 0 fully saturated rings. The van der Waals surface area contributed by atoms with Gasteiger partial charge in [0.1, 0.15) is 4.70 Å². The van der Waals surface area contributed by atoms with Crippen LogP contribution >= 0.6 is 11.3 Å². The number of hydrogen-bond donors (Lipinski definition) is 0. The fourth-order valence-corrected chi connectivity index (χ4v) is 3.91. The van der Waals surface area contributed by atoms with Crippen molar-refractivity contribution < 1.29 is 22.5 Å². The van der Waals surface area contributed by atoms with Crippen LogP contribution in [-0.2, 0) is 12.7 Å². The zero-order valence-corrected chi connectivity index (χ0v) is 17.0. The number of fused-ring (bicyclic) bond motifs is 1. The van der Waals surface area contributed by atoms with Crippen LogP contribution in [0.1, 0.15) is 11.5 Å². The molecule has 4 aromatic rings. The Morgan fingerprint density at radius 2 is 1.91 bits per heavy atom. The maximum absolute atomic E-state index is 13.1. The molecule has 0 saturated carbocycles. The first-order valence-corrected chi connectivity index (χ1v) is 9.74. The number of non-ortho nitro benzene ring substituents is 1. The van der Waals surface area contributed by atoms with Crippen molar-refractivity contribution in [1.29, 1.82) is 0 Å². The highest BCUT2D eigenvalue weighted by Crippen LogP contribution is 2.38. The van der Waals surface area contributed by atoms with Crippen LogP contribution < -0.4 is 10.5 Å². The molecular weight excluding hydrogens is 451 g/mol. The van der Waals surface area contributed by atoms with Gasteiger partial charge in [-0.2, -0.15) is 18.2 Å². The molecule has 0 spiro atoms. The Hall–Kier alpha value is -3.87. The highest BCUT2D eigenvalue weighted by atomic mass is 32.1. The lowest BCUT2D eigenvalue weighted by Crippen LogP contribution is -2.20. The maximum Gasteiger partial charge on any atom is 0.416 e. The van der Waals surface area contributed by atoms with E-state index in [2.05, 4.69) is 15.2 Å². The SMILES string of the molecule is CN(Cc1nnc(-c2ccccc2)o1)c1nc(=O)c2cc(C(F)(F)F)cc([N+](=O)[O-])c2s1. The molecule has 0 amide bonds. The Bertz CT molecular complexity index is 1370. The minimum absolute atomic E-state index is 0.0166. The summed E-state index contributed by atoms with van der Waals surface area (Å²) in [5.74, 6) is 0.471. The fourth-order valence-electron chi connectivity index (χ4n) is 2.89. The van der Waals surface area contributed by atoms with E-state index < -0.39 is 33.3 Å². The molecule has 32 heavy (non-hydrogen) atoms. The Morgan fingerprint density at radius 1 is 1.19 bits per heavy atom. The topological polar surface area (TPSA) is 115 Å². The van der Waals surface area contributed by atoms with Crippen molar-refractivity contribution in [1.82, 2.24) is 15.2 Å². The predicted molar refractivity (Wildman–Crippen MR) is 109 cm³/mol. The summed E-state index contributed by atoms with van der Waals surface area (Å²) in [6, 6.07) is 9.99. The van der Waals surface area contributed by atoms with Gasteiger partial charge in [0, 0.05) is 18.7 Å². The molecule has 0 aliphatic rings.